The number of thiol groups is 1. The van der Waals surface area contributed by atoms with E-state index in [0.29, 0.717) is 22.0 Å². The third-order valence-electron chi connectivity index (χ3n) is 2.54. The fourth-order valence-corrected chi connectivity index (χ4v) is 2.47. The summed E-state index contributed by atoms with van der Waals surface area (Å²) < 4.78 is 0.981. The fraction of sp³-hybridized carbons (Fsp3) is 0.0714. The fourth-order valence-electron chi connectivity index (χ4n) is 1.61. The summed E-state index contributed by atoms with van der Waals surface area (Å²) >= 11 is 13.6. The monoisotopic (exact) mass is 355 g/mol. The van der Waals surface area contributed by atoms with Gasteiger partial charge in [0, 0.05) is 15.9 Å². The van der Waals surface area contributed by atoms with Crippen LogP contribution in [0, 0.1) is 0 Å². The van der Waals surface area contributed by atoms with Crippen LogP contribution in [0.3, 0.4) is 0 Å². The average Bonchev–Trinajstić information content (AvgIpc) is 2.39. The topological polar surface area (TPSA) is 29.1 Å². The lowest BCUT2D eigenvalue weighted by Gasteiger charge is -2.08. The summed E-state index contributed by atoms with van der Waals surface area (Å²) in [4.78, 5) is 12.7. The molecule has 2 aromatic rings. The minimum absolute atomic E-state index is 0.208. The lowest BCUT2D eigenvalue weighted by Crippen LogP contribution is -2.23. The van der Waals surface area contributed by atoms with Crippen molar-refractivity contribution >= 4 is 46.1 Å². The van der Waals surface area contributed by atoms with Gasteiger partial charge in [-0.3, -0.25) is 4.79 Å². The summed E-state index contributed by atoms with van der Waals surface area (Å²) in [6, 6.07) is 12.8. The van der Waals surface area contributed by atoms with Gasteiger partial charge < -0.3 is 5.32 Å². The molecule has 0 aliphatic heterocycles. The van der Waals surface area contributed by atoms with Gasteiger partial charge in [-0.15, -0.1) is 12.6 Å². The van der Waals surface area contributed by atoms with Crippen molar-refractivity contribution < 1.29 is 4.79 Å². The molecular formula is C14H11BrClNOS. The molecule has 0 heterocycles. The highest BCUT2D eigenvalue weighted by Gasteiger charge is 2.10. The highest BCUT2D eigenvalue weighted by Crippen LogP contribution is 2.19. The van der Waals surface area contributed by atoms with Crippen LogP contribution in [0.1, 0.15) is 15.9 Å². The van der Waals surface area contributed by atoms with Gasteiger partial charge in [0.1, 0.15) is 0 Å². The van der Waals surface area contributed by atoms with Crippen LogP contribution in [0.2, 0.25) is 5.02 Å². The molecule has 0 fully saturated rings. The van der Waals surface area contributed by atoms with E-state index in [2.05, 4.69) is 33.9 Å². The second-order valence-corrected chi connectivity index (χ2v) is 5.82. The molecule has 98 valence electrons. The van der Waals surface area contributed by atoms with Crippen molar-refractivity contribution in [1.82, 2.24) is 5.32 Å². The van der Waals surface area contributed by atoms with Gasteiger partial charge >= 0.3 is 0 Å². The van der Waals surface area contributed by atoms with E-state index < -0.39 is 0 Å². The van der Waals surface area contributed by atoms with Crippen LogP contribution in [0.15, 0.2) is 51.8 Å². The van der Waals surface area contributed by atoms with E-state index in [1.54, 1.807) is 18.2 Å². The molecule has 2 nitrogen and oxygen atoms in total. The van der Waals surface area contributed by atoms with Gasteiger partial charge in [-0.1, -0.05) is 39.7 Å². The molecule has 0 aliphatic rings. The van der Waals surface area contributed by atoms with Crippen LogP contribution in [-0.2, 0) is 6.54 Å². The number of nitrogens with one attached hydrogen (secondary N) is 1. The summed E-state index contributed by atoms with van der Waals surface area (Å²) in [7, 11) is 0. The SMILES string of the molecule is O=C(NCc1cccc(Br)c1)c1cc(S)ccc1Cl. The Labute approximate surface area is 130 Å². The van der Waals surface area contributed by atoms with E-state index in [-0.39, 0.29) is 5.91 Å². The van der Waals surface area contributed by atoms with E-state index in [9.17, 15) is 4.79 Å². The van der Waals surface area contributed by atoms with E-state index in [0.717, 1.165) is 10.0 Å². The molecule has 0 atom stereocenters. The second-order valence-electron chi connectivity index (χ2n) is 3.98. The lowest BCUT2D eigenvalue weighted by atomic mass is 10.2. The Kier molecular flexibility index (Phi) is 4.91. The van der Waals surface area contributed by atoms with Gasteiger partial charge in [0.05, 0.1) is 10.6 Å². The van der Waals surface area contributed by atoms with E-state index in [1.807, 2.05) is 24.3 Å². The first kappa shape index (κ1) is 14.4. The minimum atomic E-state index is -0.208. The van der Waals surface area contributed by atoms with Crippen LogP contribution in [0.5, 0.6) is 0 Å². The summed E-state index contributed by atoms with van der Waals surface area (Å²) in [6.07, 6.45) is 0. The number of rotatable bonds is 3. The molecule has 0 spiro atoms. The van der Waals surface area contributed by atoms with Crippen molar-refractivity contribution in [2.45, 2.75) is 11.4 Å². The molecule has 0 saturated heterocycles. The van der Waals surface area contributed by atoms with Gasteiger partial charge in [-0.05, 0) is 35.9 Å². The molecule has 0 saturated carbocycles. The number of halogens is 2. The molecule has 0 bridgehead atoms. The third-order valence-corrected chi connectivity index (χ3v) is 3.64. The smallest absolute Gasteiger partial charge is 0.253 e. The van der Waals surface area contributed by atoms with Crippen LogP contribution < -0.4 is 5.32 Å². The van der Waals surface area contributed by atoms with Gasteiger partial charge in [-0.2, -0.15) is 0 Å². The highest BCUT2D eigenvalue weighted by molar-refractivity contribution is 9.10. The van der Waals surface area contributed by atoms with Crippen molar-refractivity contribution in [3.8, 4) is 0 Å². The van der Waals surface area contributed by atoms with Gasteiger partial charge in [-0.25, -0.2) is 0 Å². The average molecular weight is 357 g/mol. The maximum Gasteiger partial charge on any atom is 0.253 e. The standard InChI is InChI=1S/C14H11BrClNOS/c15-10-3-1-2-9(6-10)8-17-14(18)12-7-11(19)4-5-13(12)16/h1-7,19H,8H2,(H,17,18). The zero-order valence-corrected chi connectivity index (χ0v) is 13.1. The summed E-state index contributed by atoms with van der Waals surface area (Å²) in [5.41, 5.74) is 1.45. The van der Waals surface area contributed by atoms with Crippen LogP contribution >= 0.6 is 40.2 Å². The number of hydrogen-bond acceptors (Lipinski definition) is 2. The summed E-state index contributed by atoms with van der Waals surface area (Å²) in [5.74, 6) is -0.208. The molecule has 0 aliphatic carbocycles. The first-order chi connectivity index (χ1) is 9.06. The van der Waals surface area contributed by atoms with E-state index in [4.69, 9.17) is 11.6 Å². The molecule has 0 aromatic heterocycles. The van der Waals surface area contributed by atoms with Crippen molar-refractivity contribution in [1.29, 1.82) is 0 Å². The molecule has 0 unspecified atom stereocenters. The van der Waals surface area contributed by atoms with Crippen molar-refractivity contribution in [2.75, 3.05) is 0 Å². The maximum atomic E-state index is 12.0. The highest BCUT2D eigenvalue weighted by atomic mass is 79.9. The van der Waals surface area contributed by atoms with Gasteiger partial charge in [0.2, 0.25) is 0 Å². The van der Waals surface area contributed by atoms with Crippen molar-refractivity contribution in [2.24, 2.45) is 0 Å². The number of hydrogen-bond donors (Lipinski definition) is 2. The number of amides is 1. The number of carbonyl (C=O) groups is 1. The van der Waals surface area contributed by atoms with Crippen molar-refractivity contribution in [3.63, 3.8) is 0 Å². The van der Waals surface area contributed by atoms with E-state index >= 15 is 0 Å². The molecule has 1 amide bonds. The van der Waals surface area contributed by atoms with Crippen LogP contribution in [0.25, 0.3) is 0 Å². The first-order valence-corrected chi connectivity index (χ1v) is 7.19. The van der Waals surface area contributed by atoms with Gasteiger partial charge in [0.15, 0.2) is 0 Å². The molecule has 19 heavy (non-hydrogen) atoms. The molecule has 0 radical (unpaired) electrons. The largest absolute Gasteiger partial charge is 0.348 e. The van der Waals surface area contributed by atoms with Crippen LogP contribution in [-0.4, -0.2) is 5.91 Å². The zero-order valence-electron chi connectivity index (χ0n) is 9.86. The second kappa shape index (κ2) is 6.46. The summed E-state index contributed by atoms with van der Waals surface area (Å²) in [5, 5.41) is 3.25. The van der Waals surface area contributed by atoms with Crippen molar-refractivity contribution in [3.05, 3.63) is 63.1 Å². The minimum Gasteiger partial charge on any atom is -0.348 e. The molecule has 5 heteroatoms. The molecule has 1 N–H and O–H groups in total. The quantitative estimate of drug-likeness (QED) is 0.788. The molecular weight excluding hydrogens is 346 g/mol. The van der Waals surface area contributed by atoms with Crippen LogP contribution in [0.4, 0.5) is 0 Å². The Bertz CT molecular complexity index is 618. The first-order valence-electron chi connectivity index (χ1n) is 5.57. The Balaban J connectivity index is 2.07. The Morgan fingerprint density at radius 3 is 2.79 bits per heavy atom. The third kappa shape index (κ3) is 4.00. The van der Waals surface area contributed by atoms with E-state index in [1.165, 1.54) is 0 Å². The lowest BCUT2D eigenvalue weighted by molar-refractivity contribution is 0.0951. The molecule has 2 aromatic carbocycles. The predicted octanol–water partition coefficient (Wildman–Crippen LogP) is 4.32. The Morgan fingerprint density at radius 1 is 1.26 bits per heavy atom. The Hall–Kier alpha value is -0.970. The maximum absolute atomic E-state index is 12.0. The normalized spacial score (nSPS) is 10.3. The number of carbonyl (C=O) groups excluding carboxylic acids is 1. The van der Waals surface area contributed by atoms with Gasteiger partial charge in [0.25, 0.3) is 5.91 Å². The molecule has 2 rings (SSSR count). The zero-order chi connectivity index (χ0) is 13.8. The number of benzene rings is 2. The predicted molar refractivity (Wildman–Crippen MR) is 84.0 cm³/mol. The summed E-state index contributed by atoms with van der Waals surface area (Å²) in [6.45, 7) is 0.450. The Morgan fingerprint density at radius 2 is 2.05 bits per heavy atom.